The highest BCUT2D eigenvalue weighted by Gasteiger charge is 2.06. The molecule has 15 heavy (non-hydrogen) atoms. The molecule has 0 saturated carbocycles. The Balaban J connectivity index is 2.54. The zero-order valence-corrected chi connectivity index (χ0v) is 10.0. The van der Waals surface area contributed by atoms with Crippen LogP contribution in [0.1, 0.15) is 18.9 Å². The number of esters is 1. The number of carbonyl (C=O) groups is 1. The Labute approximate surface area is 96.6 Å². The number of ether oxygens (including phenoxy) is 1. The summed E-state index contributed by atoms with van der Waals surface area (Å²) in [5.41, 5.74) is 0.907. The molecule has 0 aromatic heterocycles. The maximum atomic E-state index is 12.7. The SMILES string of the molecule is CCOC(=O)CCc1ccc(F)cc1Br. The van der Waals surface area contributed by atoms with Gasteiger partial charge in [-0.3, -0.25) is 4.79 Å². The molecule has 0 amide bonds. The van der Waals surface area contributed by atoms with E-state index in [0.717, 1.165) is 5.56 Å². The number of hydrogen-bond donors (Lipinski definition) is 0. The zero-order chi connectivity index (χ0) is 11.3. The Hall–Kier alpha value is -0.900. The van der Waals surface area contributed by atoms with Gasteiger partial charge in [-0.15, -0.1) is 0 Å². The Bertz CT molecular complexity index is 352. The normalized spacial score (nSPS) is 10.1. The topological polar surface area (TPSA) is 26.3 Å². The summed E-state index contributed by atoms with van der Waals surface area (Å²) in [5.74, 6) is -0.518. The lowest BCUT2D eigenvalue weighted by Crippen LogP contribution is -2.05. The molecule has 0 atom stereocenters. The molecule has 0 heterocycles. The highest BCUT2D eigenvalue weighted by Crippen LogP contribution is 2.19. The summed E-state index contributed by atoms with van der Waals surface area (Å²) < 4.78 is 18.2. The molecular formula is C11H12BrFO2. The van der Waals surface area contributed by atoms with Gasteiger partial charge in [0, 0.05) is 10.9 Å². The van der Waals surface area contributed by atoms with Crippen molar-refractivity contribution in [1.29, 1.82) is 0 Å². The van der Waals surface area contributed by atoms with Gasteiger partial charge in [0.15, 0.2) is 0 Å². The van der Waals surface area contributed by atoms with Crippen LogP contribution >= 0.6 is 15.9 Å². The zero-order valence-electron chi connectivity index (χ0n) is 8.43. The molecule has 0 saturated heterocycles. The third kappa shape index (κ3) is 4.00. The van der Waals surface area contributed by atoms with Gasteiger partial charge in [-0.05, 0) is 31.0 Å². The van der Waals surface area contributed by atoms with Crippen molar-refractivity contribution >= 4 is 21.9 Å². The summed E-state index contributed by atoms with van der Waals surface area (Å²) in [6, 6.07) is 4.43. The van der Waals surface area contributed by atoms with Gasteiger partial charge in [-0.1, -0.05) is 22.0 Å². The number of carbonyl (C=O) groups excluding carboxylic acids is 1. The standard InChI is InChI=1S/C11H12BrFO2/c1-2-15-11(14)6-4-8-3-5-9(13)7-10(8)12/h3,5,7H,2,4,6H2,1H3. The average molecular weight is 275 g/mol. The van der Waals surface area contributed by atoms with Gasteiger partial charge in [-0.25, -0.2) is 4.39 Å². The van der Waals surface area contributed by atoms with E-state index in [-0.39, 0.29) is 11.8 Å². The lowest BCUT2D eigenvalue weighted by atomic mass is 10.1. The molecule has 0 aliphatic heterocycles. The predicted molar refractivity (Wildman–Crippen MR) is 59.1 cm³/mol. The summed E-state index contributed by atoms with van der Waals surface area (Å²) in [6.45, 7) is 2.16. The second-order valence-electron chi connectivity index (χ2n) is 3.04. The molecule has 0 radical (unpaired) electrons. The van der Waals surface area contributed by atoms with Crippen LogP contribution in [0.5, 0.6) is 0 Å². The van der Waals surface area contributed by atoms with Gasteiger partial charge in [0.05, 0.1) is 6.61 Å². The smallest absolute Gasteiger partial charge is 0.306 e. The third-order valence-electron chi connectivity index (χ3n) is 1.92. The van der Waals surface area contributed by atoms with E-state index in [2.05, 4.69) is 15.9 Å². The van der Waals surface area contributed by atoms with Crippen molar-refractivity contribution in [2.75, 3.05) is 6.61 Å². The van der Waals surface area contributed by atoms with Crippen molar-refractivity contribution in [3.05, 3.63) is 34.1 Å². The molecule has 0 aliphatic carbocycles. The molecular weight excluding hydrogens is 263 g/mol. The van der Waals surface area contributed by atoms with Crippen LogP contribution in [0.4, 0.5) is 4.39 Å². The van der Waals surface area contributed by atoms with Gasteiger partial charge in [0.1, 0.15) is 5.82 Å². The van der Waals surface area contributed by atoms with E-state index < -0.39 is 0 Å². The first-order valence-electron chi connectivity index (χ1n) is 4.73. The Morgan fingerprint density at radius 2 is 2.27 bits per heavy atom. The van der Waals surface area contributed by atoms with Crippen LogP contribution in [0.15, 0.2) is 22.7 Å². The van der Waals surface area contributed by atoms with Gasteiger partial charge in [-0.2, -0.15) is 0 Å². The highest BCUT2D eigenvalue weighted by atomic mass is 79.9. The average Bonchev–Trinajstić information content (AvgIpc) is 2.17. The monoisotopic (exact) mass is 274 g/mol. The summed E-state index contributed by atoms with van der Waals surface area (Å²) >= 11 is 3.24. The number of halogens is 2. The molecule has 0 bridgehead atoms. The first-order chi connectivity index (χ1) is 7.13. The van der Waals surface area contributed by atoms with E-state index in [4.69, 9.17) is 4.74 Å². The minimum atomic E-state index is -0.290. The molecule has 0 aliphatic rings. The van der Waals surface area contributed by atoms with Gasteiger partial charge >= 0.3 is 5.97 Å². The molecule has 4 heteroatoms. The largest absolute Gasteiger partial charge is 0.466 e. The fourth-order valence-electron chi connectivity index (χ4n) is 1.19. The molecule has 1 rings (SSSR count). The Morgan fingerprint density at radius 1 is 1.53 bits per heavy atom. The molecule has 82 valence electrons. The second kappa shape index (κ2) is 5.85. The molecule has 0 spiro atoms. The van der Waals surface area contributed by atoms with Crippen molar-refractivity contribution < 1.29 is 13.9 Å². The van der Waals surface area contributed by atoms with Crippen LogP contribution in [-0.4, -0.2) is 12.6 Å². The summed E-state index contributed by atoms with van der Waals surface area (Å²) in [5, 5.41) is 0. The van der Waals surface area contributed by atoms with Crippen molar-refractivity contribution in [1.82, 2.24) is 0 Å². The highest BCUT2D eigenvalue weighted by molar-refractivity contribution is 9.10. The lowest BCUT2D eigenvalue weighted by Gasteiger charge is -2.04. The van der Waals surface area contributed by atoms with Crippen molar-refractivity contribution in [3.8, 4) is 0 Å². The number of benzene rings is 1. The number of aryl methyl sites for hydroxylation is 1. The number of rotatable bonds is 4. The molecule has 0 unspecified atom stereocenters. The molecule has 1 aromatic rings. The van der Waals surface area contributed by atoms with Crippen LogP contribution in [0.3, 0.4) is 0 Å². The van der Waals surface area contributed by atoms with E-state index in [1.807, 2.05) is 0 Å². The number of hydrogen-bond acceptors (Lipinski definition) is 2. The van der Waals surface area contributed by atoms with E-state index >= 15 is 0 Å². The van der Waals surface area contributed by atoms with Crippen molar-refractivity contribution in [2.45, 2.75) is 19.8 Å². The van der Waals surface area contributed by atoms with Crippen LogP contribution in [0.2, 0.25) is 0 Å². The quantitative estimate of drug-likeness (QED) is 0.789. The van der Waals surface area contributed by atoms with E-state index in [9.17, 15) is 9.18 Å². The summed E-state index contributed by atoms with van der Waals surface area (Å²) in [4.78, 5) is 11.1. The third-order valence-corrected chi connectivity index (χ3v) is 2.66. The van der Waals surface area contributed by atoms with Crippen LogP contribution < -0.4 is 0 Å². The van der Waals surface area contributed by atoms with E-state index in [1.165, 1.54) is 12.1 Å². The van der Waals surface area contributed by atoms with Crippen molar-refractivity contribution in [2.24, 2.45) is 0 Å². The summed E-state index contributed by atoms with van der Waals surface area (Å²) in [6.07, 6.45) is 0.873. The molecule has 0 fully saturated rings. The van der Waals surface area contributed by atoms with Gasteiger partial charge < -0.3 is 4.74 Å². The van der Waals surface area contributed by atoms with Crippen molar-refractivity contribution in [3.63, 3.8) is 0 Å². The second-order valence-corrected chi connectivity index (χ2v) is 3.90. The van der Waals surface area contributed by atoms with Crippen LogP contribution in [0, 0.1) is 5.82 Å². The lowest BCUT2D eigenvalue weighted by molar-refractivity contribution is -0.143. The first kappa shape index (κ1) is 12.2. The minimum Gasteiger partial charge on any atom is -0.466 e. The van der Waals surface area contributed by atoms with Gasteiger partial charge in [0.2, 0.25) is 0 Å². The Morgan fingerprint density at radius 3 is 2.87 bits per heavy atom. The molecule has 1 aromatic carbocycles. The van der Waals surface area contributed by atoms with Crippen LogP contribution in [0.25, 0.3) is 0 Å². The maximum Gasteiger partial charge on any atom is 0.306 e. The van der Waals surface area contributed by atoms with E-state index in [0.29, 0.717) is 23.9 Å². The Kier molecular flexibility index (Phi) is 4.75. The fourth-order valence-corrected chi connectivity index (χ4v) is 1.74. The predicted octanol–water partition coefficient (Wildman–Crippen LogP) is 3.08. The maximum absolute atomic E-state index is 12.7. The molecule has 0 N–H and O–H groups in total. The van der Waals surface area contributed by atoms with Gasteiger partial charge in [0.25, 0.3) is 0 Å². The first-order valence-corrected chi connectivity index (χ1v) is 5.52. The fraction of sp³-hybridized carbons (Fsp3) is 0.364. The van der Waals surface area contributed by atoms with Crippen LogP contribution in [-0.2, 0) is 16.0 Å². The minimum absolute atomic E-state index is 0.228. The molecule has 2 nitrogen and oxygen atoms in total. The van der Waals surface area contributed by atoms with E-state index in [1.54, 1.807) is 13.0 Å². The summed E-state index contributed by atoms with van der Waals surface area (Å²) in [7, 11) is 0.